The molecular weight excluding hydrogens is 286 g/mol. The summed E-state index contributed by atoms with van der Waals surface area (Å²) in [5.74, 6) is 0.903. The van der Waals surface area contributed by atoms with E-state index in [2.05, 4.69) is 40.1 Å². The smallest absolute Gasteiger partial charge is 0.224 e. The van der Waals surface area contributed by atoms with Gasteiger partial charge in [-0.3, -0.25) is 4.79 Å². The van der Waals surface area contributed by atoms with Crippen molar-refractivity contribution in [1.82, 2.24) is 9.80 Å². The van der Waals surface area contributed by atoms with Crippen LogP contribution in [0, 0.1) is 5.92 Å². The van der Waals surface area contributed by atoms with Crippen LogP contribution in [0.25, 0.3) is 0 Å². The van der Waals surface area contributed by atoms with E-state index in [1.807, 2.05) is 0 Å². The molecule has 1 aromatic carbocycles. The Morgan fingerprint density at radius 2 is 1.96 bits per heavy atom. The average Bonchev–Trinajstić information content (AvgIpc) is 2.87. The Hall–Kier alpha value is -1.39. The summed E-state index contributed by atoms with van der Waals surface area (Å²) in [4.78, 5) is 17.0. The van der Waals surface area contributed by atoms with Gasteiger partial charge in [0, 0.05) is 38.6 Å². The van der Waals surface area contributed by atoms with Gasteiger partial charge in [0.1, 0.15) is 0 Å². The molecule has 2 N–H and O–H groups in total. The summed E-state index contributed by atoms with van der Waals surface area (Å²) in [7, 11) is 0. The van der Waals surface area contributed by atoms with E-state index in [-0.39, 0.29) is 5.91 Å². The van der Waals surface area contributed by atoms with Gasteiger partial charge in [-0.25, -0.2) is 0 Å². The van der Waals surface area contributed by atoms with E-state index in [1.165, 1.54) is 18.4 Å². The minimum Gasteiger partial charge on any atom is -0.338 e. The summed E-state index contributed by atoms with van der Waals surface area (Å²) >= 11 is 0. The second kappa shape index (κ2) is 7.93. The second-order valence-corrected chi connectivity index (χ2v) is 7.03. The van der Waals surface area contributed by atoms with E-state index in [0.717, 1.165) is 39.0 Å². The quantitative estimate of drug-likeness (QED) is 0.872. The number of nitrogens with two attached hydrogens (primary N) is 1. The van der Waals surface area contributed by atoms with Crippen molar-refractivity contribution in [2.75, 3.05) is 32.7 Å². The molecule has 0 aromatic heterocycles. The van der Waals surface area contributed by atoms with Crippen molar-refractivity contribution in [2.45, 2.75) is 38.1 Å². The summed E-state index contributed by atoms with van der Waals surface area (Å²) in [6.07, 6.45) is 5.27. The van der Waals surface area contributed by atoms with Crippen LogP contribution in [-0.2, 0) is 11.2 Å². The molecule has 1 aromatic rings. The number of rotatable bonds is 6. The second-order valence-electron chi connectivity index (χ2n) is 7.03. The number of nitrogens with zero attached hydrogens (tertiary/aromatic N) is 2. The zero-order chi connectivity index (χ0) is 16.1. The molecule has 3 fully saturated rings. The van der Waals surface area contributed by atoms with Crippen LogP contribution in [0.3, 0.4) is 0 Å². The molecule has 0 spiro atoms. The van der Waals surface area contributed by atoms with E-state index in [1.54, 1.807) is 0 Å². The van der Waals surface area contributed by atoms with Gasteiger partial charge in [0.25, 0.3) is 0 Å². The number of fused-ring (bicyclic) bond motifs is 4. The van der Waals surface area contributed by atoms with Gasteiger partial charge in [-0.15, -0.1) is 0 Å². The topological polar surface area (TPSA) is 49.6 Å². The molecule has 2 atom stereocenters. The van der Waals surface area contributed by atoms with Crippen LogP contribution in [-0.4, -0.2) is 54.5 Å². The Labute approximate surface area is 139 Å². The molecule has 23 heavy (non-hydrogen) atoms. The first-order valence-corrected chi connectivity index (χ1v) is 9.02. The number of hydrogen-bond donors (Lipinski definition) is 1. The molecule has 2 bridgehead atoms. The summed E-state index contributed by atoms with van der Waals surface area (Å²) < 4.78 is 0. The molecule has 1 amide bonds. The molecular formula is C19H29N3O. The number of piperidine rings is 1. The van der Waals surface area contributed by atoms with E-state index in [0.29, 0.717) is 24.9 Å². The fourth-order valence-electron chi connectivity index (χ4n) is 4.09. The lowest BCUT2D eigenvalue weighted by Crippen LogP contribution is -2.47. The van der Waals surface area contributed by atoms with E-state index >= 15 is 0 Å². The van der Waals surface area contributed by atoms with Crippen LogP contribution >= 0.6 is 0 Å². The molecule has 3 aliphatic rings. The number of carbonyl (C=O) groups is 1. The molecule has 0 radical (unpaired) electrons. The summed E-state index contributed by atoms with van der Waals surface area (Å²) in [5, 5.41) is 0. The number of carbonyl (C=O) groups excluding carboxylic acids is 1. The highest BCUT2D eigenvalue weighted by atomic mass is 16.2. The van der Waals surface area contributed by atoms with Gasteiger partial charge in [-0.1, -0.05) is 30.3 Å². The minimum absolute atomic E-state index is 0.258. The van der Waals surface area contributed by atoms with Crippen LogP contribution in [0.1, 0.15) is 31.2 Å². The maximum Gasteiger partial charge on any atom is 0.224 e. The first-order valence-electron chi connectivity index (χ1n) is 9.02. The van der Waals surface area contributed by atoms with Crippen LogP contribution in [0.4, 0.5) is 0 Å². The van der Waals surface area contributed by atoms with Crippen molar-refractivity contribution in [3.8, 4) is 0 Å². The zero-order valence-corrected chi connectivity index (χ0v) is 14.0. The van der Waals surface area contributed by atoms with E-state index in [9.17, 15) is 4.79 Å². The minimum atomic E-state index is 0.258. The Kier molecular flexibility index (Phi) is 5.68. The van der Waals surface area contributed by atoms with Crippen LogP contribution in [0.15, 0.2) is 30.3 Å². The monoisotopic (exact) mass is 315 g/mol. The zero-order valence-electron chi connectivity index (χ0n) is 14.0. The third-order valence-electron chi connectivity index (χ3n) is 5.25. The van der Waals surface area contributed by atoms with Crippen molar-refractivity contribution in [1.29, 1.82) is 0 Å². The highest BCUT2D eigenvalue weighted by molar-refractivity contribution is 5.77. The Balaban J connectivity index is 1.51. The Morgan fingerprint density at radius 3 is 2.74 bits per heavy atom. The van der Waals surface area contributed by atoms with Gasteiger partial charge < -0.3 is 15.5 Å². The van der Waals surface area contributed by atoms with E-state index in [4.69, 9.17) is 5.73 Å². The first-order chi connectivity index (χ1) is 11.3. The lowest BCUT2D eigenvalue weighted by atomic mass is 9.95. The molecule has 4 heteroatoms. The van der Waals surface area contributed by atoms with Crippen LogP contribution in [0.5, 0.6) is 0 Å². The number of hydrogen-bond acceptors (Lipinski definition) is 3. The molecule has 4 nitrogen and oxygen atoms in total. The molecule has 2 unspecified atom stereocenters. The number of aryl methyl sites for hydroxylation is 1. The maximum absolute atomic E-state index is 12.3. The lowest BCUT2D eigenvalue weighted by molar-refractivity contribution is -0.135. The van der Waals surface area contributed by atoms with Crippen molar-refractivity contribution in [2.24, 2.45) is 11.7 Å². The van der Waals surface area contributed by atoms with E-state index < -0.39 is 0 Å². The normalized spacial score (nSPS) is 24.7. The first kappa shape index (κ1) is 16.5. The largest absolute Gasteiger partial charge is 0.338 e. The van der Waals surface area contributed by atoms with Crippen molar-refractivity contribution < 1.29 is 4.79 Å². The predicted molar refractivity (Wildman–Crippen MR) is 93.1 cm³/mol. The van der Waals surface area contributed by atoms with Crippen molar-refractivity contribution in [3.05, 3.63) is 35.9 Å². The van der Waals surface area contributed by atoms with Gasteiger partial charge in [-0.05, 0) is 43.7 Å². The van der Waals surface area contributed by atoms with Gasteiger partial charge in [0.15, 0.2) is 0 Å². The Bertz CT molecular complexity index is 505. The molecule has 4 rings (SSSR count). The number of amides is 1. The van der Waals surface area contributed by atoms with Gasteiger partial charge in [0.2, 0.25) is 5.91 Å². The van der Waals surface area contributed by atoms with Crippen LogP contribution in [0.2, 0.25) is 0 Å². The highest BCUT2D eigenvalue weighted by Gasteiger charge is 2.36. The van der Waals surface area contributed by atoms with Crippen molar-refractivity contribution in [3.63, 3.8) is 0 Å². The van der Waals surface area contributed by atoms with Crippen LogP contribution < -0.4 is 5.73 Å². The fraction of sp³-hybridized carbons (Fsp3) is 0.632. The SMILES string of the molecule is NCCC(=O)N1CC2CCC1CN(CCCc1ccccc1)C2. The fourth-order valence-corrected chi connectivity index (χ4v) is 4.09. The average molecular weight is 315 g/mol. The summed E-state index contributed by atoms with van der Waals surface area (Å²) in [6.45, 7) is 4.74. The molecule has 0 saturated carbocycles. The maximum atomic E-state index is 12.3. The van der Waals surface area contributed by atoms with Gasteiger partial charge in [-0.2, -0.15) is 0 Å². The Morgan fingerprint density at radius 1 is 1.13 bits per heavy atom. The third kappa shape index (κ3) is 4.33. The highest BCUT2D eigenvalue weighted by Crippen LogP contribution is 2.28. The van der Waals surface area contributed by atoms with Crippen molar-refractivity contribution >= 4 is 5.91 Å². The molecule has 126 valence electrons. The molecule has 3 aliphatic heterocycles. The number of benzene rings is 1. The molecule has 3 saturated heterocycles. The van der Waals surface area contributed by atoms with Gasteiger partial charge in [0.05, 0.1) is 0 Å². The summed E-state index contributed by atoms with van der Waals surface area (Å²) in [5.41, 5.74) is 6.98. The lowest BCUT2D eigenvalue weighted by Gasteiger charge is -2.36. The molecule has 3 heterocycles. The standard InChI is InChI=1S/C19H29N3O/c20-11-10-19(23)22-14-17-8-9-18(22)15-21(13-17)12-4-7-16-5-2-1-3-6-16/h1-3,5-6,17-18H,4,7-15,20H2. The third-order valence-corrected chi connectivity index (χ3v) is 5.25. The predicted octanol–water partition coefficient (Wildman–Crippen LogP) is 1.89. The summed E-state index contributed by atoms with van der Waals surface area (Å²) in [6, 6.07) is 11.1. The molecule has 0 aliphatic carbocycles. The van der Waals surface area contributed by atoms with Gasteiger partial charge >= 0.3 is 0 Å².